The van der Waals surface area contributed by atoms with E-state index in [-0.39, 0.29) is 5.56 Å². The lowest BCUT2D eigenvalue weighted by molar-refractivity contribution is 0.814. The highest BCUT2D eigenvalue weighted by Gasteiger charge is 2.12. The third kappa shape index (κ3) is 2.29. The molecule has 3 heterocycles. The summed E-state index contributed by atoms with van der Waals surface area (Å²) in [6.45, 7) is 2.57. The van der Waals surface area contributed by atoms with Crippen LogP contribution in [0.1, 0.15) is 18.4 Å². The molecule has 0 radical (unpaired) electrons. The highest BCUT2D eigenvalue weighted by molar-refractivity contribution is 7.20. The molecule has 20 heavy (non-hydrogen) atoms. The summed E-state index contributed by atoms with van der Waals surface area (Å²) in [5.74, 6) is 0.848. The van der Waals surface area contributed by atoms with Crippen molar-refractivity contribution in [2.24, 2.45) is 0 Å². The maximum Gasteiger partial charge on any atom is 0.275 e. The van der Waals surface area contributed by atoms with Gasteiger partial charge in [-0.25, -0.2) is 9.97 Å². The number of fused-ring (bicyclic) bond motifs is 1. The van der Waals surface area contributed by atoms with Gasteiger partial charge in [-0.1, -0.05) is 18.3 Å². The normalized spacial score (nSPS) is 11.1. The van der Waals surface area contributed by atoms with E-state index in [2.05, 4.69) is 20.1 Å². The number of nitrogens with zero attached hydrogens (tertiary/aromatic N) is 5. The van der Waals surface area contributed by atoms with Gasteiger partial charge in [0, 0.05) is 31.2 Å². The van der Waals surface area contributed by atoms with Gasteiger partial charge in [-0.2, -0.15) is 4.52 Å². The van der Waals surface area contributed by atoms with Crippen LogP contribution in [0.4, 0.5) is 5.13 Å². The van der Waals surface area contributed by atoms with Gasteiger partial charge in [-0.3, -0.25) is 4.79 Å². The van der Waals surface area contributed by atoms with Crippen molar-refractivity contribution in [3.05, 3.63) is 40.3 Å². The molecule has 0 bridgehead atoms. The number of aromatic nitrogens is 5. The predicted octanol–water partition coefficient (Wildman–Crippen LogP) is 1.07. The maximum atomic E-state index is 11.9. The molecule has 0 unspecified atom stereocenters. The van der Waals surface area contributed by atoms with Crippen LogP contribution in [-0.4, -0.2) is 31.6 Å². The Morgan fingerprint density at radius 1 is 1.50 bits per heavy atom. The van der Waals surface area contributed by atoms with Crippen LogP contribution < -0.4 is 10.5 Å². The molecule has 7 nitrogen and oxygen atoms in total. The first-order valence-corrected chi connectivity index (χ1v) is 7.08. The predicted molar refractivity (Wildman–Crippen MR) is 77.2 cm³/mol. The standard InChI is InChI=1S/C12H14N6OS/c1-3-8-6-10(19)18-11(15-8)20-12(16-18)17(2)7-9-13-4-5-14-9/h4-6H,3,7H2,1-2H3,(H,13,14). The fraction of sp³-hybridized carbons (Fsp3) is 0.333. The second-order valence-corrected chi connectivity index (χ2v) is 5.34. The quantitative estimate of drug-likeness (QED) is 0.777. The summed E-state index contributed by atoms with van der Waals surface area (Å²) in [4.78, 5) is 26.1. The monoisotopic (exact) mass is 290 g/mol. The van der Waals surface area contributed by atoms with Crippen LogP contribution in [-0.2, 0) is 13.0 Å². The number of aromatic amines is 1. The lowest BCUT2D eigenvalue weighted by atomic mass is 10.3. The van der Waals surface area contributed by atoms with E-state index in [0.717, 1.165) is 23.1 Å². The first kappa shape index (κ1) is 12.8. The van der Waals surface area contributed by atoms with E-state index in [4.69, 9.17) is 0 Å². The van der Waals surface area contributed by atoms with Crippen molar-refractivity contribution in [3.63, 3.8) is 0 Å². The van der Waals surface area contributed by atoms with Gasteiger partial charge in [0.2, 0.25) is 10.1 Å². The van der Waals surface area contributed by atoms with Crippen molar-refractivity contribution in [1.29, 1.82) is 0 Å². The van der Waals surface area contributed by atoms with Crippen molar-refractivity contribution in [2.75, 3.05) is 11.9 Å². The lowest BCUT2D eigenvalue weighted by Gasteiger charge is -2.12. The zero-order valence-electron chi connectivity index (χ0n) is 11.2. The van der Waals surface area contributed by atoms with E-state index in [1.165, 1.54) is 21.9 Å². The van der Waals surface area contributed by atoms with Crippen LogP contribution in [0.3, 0.4) is 0 Å². The second-order valence-electron chi connectivity index (χ2n) is 4.41. The number of nitrogens with one attached hydrogen (secondary N) is 1. The number of hydrogen-bond donors (Lipinski definition) is 1. The average molecular weight is 290 g/mol. The molecular weight excluding hydrogens is 276 g/mol. The minimum atomic E-state index is -0.138. The summed E-state index contributed by atoms with van der Waals surface area (Å²) < 4.78 is 1.35. The van der Waals surface area contributed by atoms with Crippen molar-refractivity contribution in [2.45, 2.75) is 19.9 Å². The molecule has 3 aromatic rings. The third-order valence-electron chi connectivity index (χ3n) is 2.92. The Balaban J connectivity index is 1.96. The summed E-state index contributed by atoms with van der Waals surface area (Å²) in [6, 6.07) is 1.53. The van der Waals surface area contributed by atoms with Gasteiger partial charge < -0.3 is 9.88 Å². The molecule has 3 rings (SSSR count). The molecule has 0 aliphatic heterocycles. The van der Waals surface area contributed by atoms with Crippen LogP contribution in [0.5, 0.6) is 0 Å². The lowest BCUT2D eigenvalue weighted by Crippen LogP contribution is -2.19. The first-order chi connectivity index (χ1) is 9.67. The molecule has 1 N–H and O–H groups in total. The summed E-state index contributed by atoms with van der Waals surface area (Å²) in [6.07, 6.45) is 4.23. The summed E-state index contributed by atoms with van der Waals surface area (Å²) >= 11 is 1.40. The van der Waals surface area contributed by atoms with Gasteiger partial charge in [0.25, 0.3) is 5.56 Å². The SMILES string of the molecule is CCc1cc(=O)n2nc(N(C)Cc3ncc[nH]3)sc2n1. The molecule has 3 aromatic heterocycles. The molecule has 0 aliphatic rings. The molecule has 0 atom stereocenters. The van der Waals surface area contributed by atoms with Gasteiger partial charge in [0.15, 0.2) is 0 Å². The van der Waals surface area contributed by atoms with Crippen molar-refractivity contribution in [1.82, 2.24) is 24.6 Å². The van der Waals surface area contributed by atoms with Crippen LogP contribution in [0.2, 0.25) is 0 Å². The van der Waals surface area contributed by atoms with Crippen molar-refractivity contribution < 1.29 is 0 Å². The largest absolute Gasteiger partial charge is 0.347 e. The Kier molecular flexibility index (Phi) is 3.23. The first-order valence-electron chi connectivity index (χ1n) is 6.26. The molecule has 0 saturated heterocycles. The van der Waals surface area contributed by atoms with Crippen LogP contribution in [0.25, 0.3) is 4.96 Å². The van der Waals surface area contributed by atoms with E-state index in [1.807, 2.05) is 18.9 Å². The molecule has 0 spiro atoms. The highest BCUT2D eigenvalue weighted by Crippen LogP contribution is 2.21. The zero-order chi connectivity index (χ0) is 14.1. The van der Waals surface area contributed by atoms with E-state index in [0.29, 0.717) is 11.5 Å². The van der Waals surface area contributed by atoms with Crippen molar-refractivity contribution in [3.8, 4) is 0 Å². The van der Waals surface area contributed by atoms with E-state index in [1.54, 1.807) is 12.4 Å². The smallest absolute Gasteiger partial charge is 0.275 e. The van der Waals surface area contributed by atoms with Crippen molar-refractivity contribution >= 4 is 21.4 Å². The molecule has 0 aliphatic carbocycles. The van der Waals surface area contributed by atoms with Gasteiger partial charge in [0.1, 0.15) is 5.82 Å². The van der Waals surface area contributed by atoms with Gasteiger partial charge in [-0.05, 0) is 6.42 Å². The maximum absolute atomic E-state index is 11.9. The Hall–Kier alpha value is -2.22. The zero-order valence-corrected chi connectivity index (χ0v) is 12.0. The van der Waals surface area contributed by atoms with Gasteiger partial charge in [-0.15, -0.1) is 5.10 Å². The Morgan fingerprint density at radius 3 is 3.05 bits per heavy atom. The van der Waals surface area contributed by atoms with E-state index >= 15 is 0 Å². The third-order valence-corrected chi connectivity index (χ3v) is 3.94. The van der Waals surface area contributed by atoms with Gasteiger partial charge >= 0.3 is 0 Å². The Morgan fingerprint density at radius 2 is 2.35 bits per heavy atom. The molecule has 104 valence electrons. The second kappa shape index (κ2) is 5.04. The minimum Gasteiger partial charge on any atom is -0.347 e. The Bertz CT molecular complexity index is 775. The fourth-order valence-electron chi connectivity index (χ4n) is 1.86. The van der Waals surface area contributed by atoms with E-state index in [9.17, 15) is 4.79 Å². The summed E-state index contributed by atoms with van der Waals surface area (Å²) in [5, 5.41) is 5.05. The molecule has 0 aromatic carbocycles. The molecular formula is C12H14N6OS. The van der Waals surface area contributed by atoms with Crippen LogP contribution in [0.15, 0.2) is 23.3 Å². The number of anilines is 1. The van der Waals surface area contributed by atoms with E-state index < -0.39 is 0 Å². The topological polar surface area (TPSA) is 79.2 Å². The molecule has 0 amide bonds. The molecule has 8 heteroatoms. The fourth-order valence-corrected chi connectivity index (χ4v) is 2.74. The minimum absolute atomic E-state index is 0.138. The number of aryl methyl sites for hydroxylation is 1. The number of H-pyrrole nitrogens is 1. The van der Waals surface area contributed by atoms with Crippen LogP contribution in [0, 0.1) is 0 Å². The number of rotatable bonds is 4. The number of imidazole rings is 1. The number of hydrogen-bond acceptors (Lipinski definition) is 6. The van der Waals surface area contributed by atoms with Crippen LogP contribution >= 0.6 is 11.3 Å². The molecule has 0 fully saturated rings. The average Bonchev–Trinajstić information content (AvgIpc) is 3.07. The summed E-state index contributed by atoms with van der Waals surface area (Å²) in [5.41, 5.74) is 0.652. The Labute approximate surface area is 118 Å². The summed E-state index contributed by atoms with van der Waals surface area (Å²) in [7, 11) is 1.91. The highest BCUT2D eigenvalue weighted by atomic mass is 32.1. The van der Waals surface area contributed by atoms with Gasteiger partial charge in [0.05, 0.1) is 6.54 Å². The molecule has 0 saturated carbocycles.